The molecular formula is C21H18N2O2. The van der Waals surface area contributed by atoms with Crippen LogP contribution in [0.25, 0.3) is 11.1 Å². The molecule has 0 fully saturated rings. The van der Waals surface area contributed by atoms with E-state index < -0.39 is 0 Å². The van der Waals surface area contributed by atoms with Crippen molar-refractivity contribution in [1.29, 1.82) is 0 Å². The molecule has 1 amide bonds. The van der Waals surface area contributed by atoms with Crippen molar-refractivity contribution in [3.05, 3.63) is 83.0 Å². The van der Waals surface area contributed by atoms with Crippen LogP contribution in [0.3, 0.4) is 0 Å². The van der Waals surface area contributed by atoms with Gasteiger partial charge < -0.3 is 10.1 Å². The van der Waals surface area contributed by atoms with Gasteiger partial charge in [-0.3, -0.25) is 4.79 Å². The van der Waals surface area contributed by atoms with Crippen molar-refractivity contribution < 1.29 is 9.53 Å². The number of fused-ring (bicyclic) bond motifs is 3. The molecule has 0 saturated heterocycles. The van der Waals surface area contributed by atoms with E-state index in [0.717, 1.165) is 12.0 Å². The topological polar surface area (TPSA) is 51.2 Å². The van der Waals surface area contributed by atoms with E-state index in [1.807, 2.05) is 30.3 Å². The fraction of sp³-hybridized carbons (Fsp3) is 0.143. The first kappa shape index (κ1) is 15.4. The first-order chi connectivity index (χ1) is 12.3. The van der Waals surface area contributed by atoms with Crippen LogP contribution in [0.1, 0.15) is 27.0 Å². The van der Waals surface area contributed by atoms with Crippen LogP contribution in [0.5, 0.6) is 5.88 Å². The van der Waals surface area contributed by atoms with Crippen LogP contribution >= 0.6 is 0 Å². The van der Waals surface area contributed by atoms with Gasteiger partial charge in [0.2, 0.25) is 5.88 Å². The molecule has 0 saturated carbocycles. The largest absolute Gasteiger partial charge is 0.481 e. The van der Waals surface area contributed by atoms with Crippen LogP contribution in [-0.4, -0.2) is 18.0 Å². The van der Waals surface area contributed by atoms with E-state index in [2.05, 4.69) is 34.6 Å². The second-order valence-corrected chi connectivity index (χ2v) is 6.06. The molecule has 1 aliphatic rings. The Hall–Kier alpha value is -3.14. The standard InChI is InChI=1S/C21H18N2O2/c1-25-21-16(6-4-10-22-21)13-23-20(24)15-8-9-19-17(12-15)11-14-5-2-3-7-18(14)19/h2-10,12H,11,13H2,1H3,(H,23,24). The van der Waals surface area contributed by atoms with E-state index in [1.165, 1.54) is 22.3 Å². The zero-order valence-electron chi connectivity index (χ0n) is 14.0. The van der Waals surface area contributed by atoms with Crippen LogP contribution in [-0.2, 0) is 13.0 Å². The minimum absolute atomic E-state index is 0.0929. The van der Waals surface area contributed by atoms with Gasteiger partial charge >= 0.3 is 0 Å². The van der Waals surface area contributed by atoms with E-state index in [9.17, 15) is 4.79 Å². The summed E-state index contributed by atoms with van der Waals surface area (Å²) in [5.74, 6) is 0.442. The second-order valence-electron chi connectivity index (χ2n) is 6.06. The number of nitrogens with one attached hydrogen (secondary N) is 1. The maximum absolute atomic E-state index is 12.5. The molecule has 4 rings (SSSR count). The highest BCUT2D eigenvalue weighted by atomic mass is 16.5. The molecule has 3 aromatic rings. The summed E-state index contributed by atoms with van der Waals surface area (Å²) in [7, 11) is 1.58. The van der Waals surface area contributed by atoms with Gasteiger partial charge in [0.1, 0.15) is 0 Å². The van der Waals surface area contributed by atoms with Crippen molar-refractivity contribution in [2.45, 2.75) is 13.0 Å². The maximum atomic E-state index is 12.5. The molecule has 0 aliphatic heterocycles. The fourth-order valence-electron chi connectivity index (χ4n) is 3.31. The number of aromatic nitrogens is 1. The summed E-state index contributed by atoms with van der Waals surface area (Å²) < 4.78 is 5.22. The Morgan fingerprint density at radius 3 is 2.80 bits per heavy atom. The average Bonchev–Trinajstić information content (AvgIpc) is 3.04. The third-order valence-corrected chi connectivity index (χ3v) is 4.54. The number of hydrogen-bond acceptors (Lipinski definition) is 3. The Morgan fingerprint density at radius 2 is 1.92 bits per heavy atom. The fourth-order valence-corrected chi connectivity index (χ4v) is 3.31. The molecule has 25 heavy (non-hydrogen) atoms. The smallest absolute Gasteiger partial charge is 0.251 e. The first-order valence-corrected chi connectivity index (χ1v) is 8.23. The van der Waals surface area contributed by atoms with Gasteiger partial charge in [0.25, 0.3) is 5.91 Å². The summed E-state index contributed by atoms with van der Waals surface area (Å²) >= 11 is 0. The highest BCUT2D eigenvalue weighted by molar-refractivity contribution is 5.95. The van der Waals surface area contributed by atoms with Crippen molar-refractivity contribution in [3.63, 3.8) is 0 Å². The van der Waals surface area contributed by atoms with Gasteiger partial charge in [0.15, 0.2) is 0 Å². The van der Waals surface area contributed by atoms with E-state index in [0.29, 0.717) is 18.0 Å². The van der Waals surface area contributed by atoms with Crippen LogP contribution in [0.4, 0.5) is 0 Å². The zero-order chi connectivity index (χ0) is 17.2. The van der Waals surface area contributed by atoms with Gasteiger partial charge in [0.05, 0.1) is 7.11 Å². The van der Waals surface area contributed by atoms with Crippen LogP contribution in [0, 0.1) is 0 Å². The molecule has 0 spiro atoms. The Labute approximate surface area is 146 Å². The van der Waals surface area contributed by atoms with Gasteiger partial charge in [-0.1, -0.05) is 36.4 Å². The molecule has 1 aliphatic carbocycles. The summed E-state index contributed by atoms with van der Waals surface area (Å²) in [6.45, 7) is 0.382. The van der Waals surface area contributed by atoms with Gasteiger partial charge in [-0.2, -0.15) is 0 Å². The Morgan fingerprint density at radius 1 is 1.08 bits per heavy atom. The Balaban J connectivity index is 1.51. The average molecular weight is 330 g/mol. The van der Waals surface area contributed by atoms with E-state index >= 15 is 0 Å². The SMILES string of the molecule is COc1ncccc1CNC(=O)c1ccc2c(c1)Cc1ccccc1-2. The summed E-state index contributed by atoms with van der Waals surface area (Å²) in [5.41, 5.74) is 6.54. The molecule has 2 aromatic carbocycles. The van der Waals surface area contributed by atoms with Crippen LogP contribution in [0.15, 0.2) is 60.8 Å². The summed E-state index contributed by atoms with van der Waals surface area (Å²) in [6, 6.07) is 18.0. The number of carbonyl (C=O) groups is 1. The molecule has 1 aromatic heterocycles. The third-order valence-electron chi connectivity index (χ3n) is 4.54. The number of benzene rings is 2. The number of hydrogen-bond donors (Lipinski definition) is 1. The molecule has 0 unspecified atom stereocenters. The molecule has 124 valence electrons. The highest BCUT2D eigenvalue weighted by Gasteiger charge is 2.19. The molecule has 1 N–H and O–H groups in total. The summed E-state index contributed by atoms with van der Waals surface area (Å²) in [6.07, 6.45) is 2.55. The lowest BCUT2D eigenvalue weighted by Crippen LogP contribution is -2.23. The number of rotatable bonds is 4. The van der Waals surface area contributed by atoms with Crippen molar-refractivity contribution in [2.75, 3.05) is 7.11 Å². The number of methoxy groups -OCH3 is 1. The Bertz CT molecular complexity index is 950. The predicted molar refractivity (Wildman–Crippen MR) is 96.6 cm³/mol. The van der Waals surface area contributed by atoms with Gasteiger partial charge in [-0.05, 0) is 46.9 Å². The van der Waals surface area contributed by atoms with Gasteiger partial charge in [-0.25, -0.2) is 4.98 Å². The third kappa shape index (κ3) is 2.87. The van der Waals surface area contributed by atoms with Crippen LogP contribution < -0.4 is 10.1 Å². The molecule has 1 heterocycles. The second kappa shape index (κ2) is 6.40. The monoisotopic (exact) mass is 330 g/mol. The number of pyridine rings is 1. The number of carbonyl (C=O) groups excluding carboxylic acids is 1. The number of amides is 1. The normalized spacial score (nSPS) is 11.6. The molecule has 0 radical (unpaired) electrons. The first-order valence-electron chi connectivity index (χ1n) is 8.23. The number of ether oxygens (including phenoxy) is 1. The van der Waals surface area contributed by atoms with E-state index in [-0.39, 0.29) is 5.91 Å². The minimum atomic E-state index is -0.0929. The molecule has 0 atom stereocenters. The van der Waals surface area contributed by atoms with Crippen molar-refractivity contribution in [2.24, 2.45) is 0 Å². The lowest BCUT2D eigenvalue weighted by Gasteiger charge is -2.09. The van der Waals surface area contributed by atoms with E-state index in [1.54, 1.807) is 13.3 Å². The van der Waals surface area contributed by atoms with Crippen molar-refractivity contribution >= 4 is 5.91 Å². The molecule has 4 nitrogen and oxygen atoms in total. The molecular weight excluding hydrogens is 312 g/mol. The maximum Gasteiger partial charge on any atom is 0.251 e. The zero-order valence-corrected chi connectivity index (χ0v) is 14.0. The van der Waals surface area contributed by atoms with Gasteiger partial charge in [-0.15, -0.1) is 0 Å². The summed E-state index contributed by atoms with van der Waals surface area (Å²) in [5, 5.41) is 2.94. The predicted octanol–water partition coefficient (Wildman–Crippen LogP) is 3.59. The minimum Gasteiger partial charge on any atom is -0.481 e. The van der Waals surface area contributed by atoms with Crippen molar-refractivity contribution in [1.82, 2.24) is 10.3 Å². The van der Waals surface area contributed by atoms with E-state index in [4.69, 9.17) is 4.74 Å². The van der Waals surface area contributed by atoms with Crippen molar-refractivity contribution in [3.8, 4) is 17.0 Å². The molecule has 0 bridgehead atoms. The summed E-state index contributed by atoms with van der Waals surface area (Å²) in [4.78, 5) is 16.7. The quantitative estimate of drug-likeness (QED) is 0.622. The van der Waals surface area contributed by atoms with Crippen LogP contribution in [0.2, 0.25) is 0 Å². The lowest BCUT2D eigenvalue weighted by molar-refractivity contribution is 0.0950. The Kier molecular flexibility index (Phi) is 3.94. The highest BCUT2D eigenvalue weighted by Crippen LogP contribution is 2.36. The number of nitrogens with zero attached hydrogens (tertiary/aromatic N) is 1. The van der Waals surface area contributed by atoms with Gasteiger partial charge in [0, 0.05) is 23.9 Å². The molecule has 4 heteroatoms. The lowest BCUT2D eigenvalue weighted by atomic mass is 10.0.